The zero-order valence-electron chi connectivity index (χ0n) is 15.2. The molecule has 1 amide bonds. The molecule has 1 aromatic carbocycles. The predicted octanol–water partition coefficient (Wildman–Crippen LogP) is 1.92. The van der Waals surface area contributed by atoms with E-state index in [1.54, 1.807) is 19.2 Å². The third kappa shape index (κ3) is 2.81. The molecular formula is C19H25N5O2. The minimum Gasteiger partial charge on any atom is -0.496 e. The molecule has 26 heavy (non-hydrogen) atoms. The normalized spacial score (nSPS) is 26.1. The van der Waals surface area contributed by atoms with Gasteiger partial charge in [-0.15, -0.1) is 0 Å². The summed E-state index contributed by atoms with van der Waals surface area (Å²) in [5, 5.41) is 9.69. The lowest BCUT2D eigenvalue weighted by Gasteiger charge is -2.36. The van der Waals surface area contributed by atoms with Crippen LogP contribution in [0.25, 0.3) is 0 Å². The third-order valence-corrected chi connectivity index (χ3v) is 5.49. The summed E-state index contributed by atoms with van der Waals surface area (Å²) in [6, 6.07) is 5.09. The fourth-order valence-electron chi connectivity index (χ4n) is 4.16. The van der Waals surface area contributed by atoms with Gasteiger partial charge in [0.15, 0.2) is 6.04 Å². The van der Waals surface area contributed by atoms with Crippen molar-refractivity contribution in [1.29, 1.82) is 0 Å². The van der Waals surface area contributed by atoms with Crippen LogP contribution in [0, 0.1) is 0 Å². The summed E-state index contributed by atoms with van der Waals surface area (Å²) in [6.45, 7) is 1.96. The highest BCUT2D eigenvalue weighted by Crippen LogP contribution is 2.32. The number of hydrazone groups is 1. The van der Waals surface area contributed by atoms with E-state index in [1.807, 2.05) is 18.0 Å². The van der Waals surface area contributed by atoms with Crippen molar-refractivity contribution in [2.24, 2.45) is 10.1 Å². The monoisotopic (exact) mass is 355 g/mol. The molecule has 2 unspecified atom stereocenters. The Kier molecular flexibility index (Phi) is 4.30. The van der Waals surface area contributed by atoms with Crippen LogP contribution >= 0.6 is 0 Å². The number of ether oxygens (including phenoxy) is 1. The smallest absolute Gasteiger partial charge is 0.252 e. The van der Waals surface area contributed by atoms with Crippen LogP contribution in [0.2, 0.25) is 0 Å². The SMILES string of the molecule is COc1cc(N)ccc1C1=NC2C(C)=NN(C3CCCCC3)C2C(=O)N1. The van der Waals surface area contributed by atoms with Crippen LogP contribution in [0.15, 0.2) is 28.3 Å². The van der Waals surface area contributed by atoms with Gasteiger partial charge >= 0.3 is 0 Å². The number of nitrogens with one attached hydrogen (secondary N) is 1. The van der Waals surface area contributed by atoms with Gasteiger partial charge in [-0.05, 0) is 31.9 Å². The van der Waals surface area contributed by atoms with Gasteiger partial charge in [0.2, 0.25) is 0 Å². The number of aliphatic imine (C=N–C) groups is 1. The molecule has 1 saturated carbocycles. The number of methoxy groups -OCH3 is 1. The van der Waals surface area contributed by atoms with Crippen molar-refractivity contribution in [1.82, 2.24) is 10.3 Å². The first-order chi connectivity index (χ1) is 12.6. The first-order valence-corrected chi connectivity index (χ1v) is 9.24. The topological polar surface area (TPSA) is 92.3 Å². The van der Waals surface area contributed by atoms with Crippen LogP contribution in [-0.4, -0.2) is 47.7 Å². The fourth-order valence-corrected chi connectivity index (χ4v) is 4.16. The molecule has 3 aliphatic rings. The molecule has 2 heterocycles. The summed E-state index contributed by atoms with van der Waals surface area (Å²) in [7, 11) is 1.58. The summed E-state index contributed by atoms with van der Waals surface area (Å²) in [6.07, 6.45) is 5.86. The lowest BCUT2D eigenvalue weighted by atomic mass is 9.93. The molecule has 0 bridgehead atoms. The van der Waals surface area contributed by atoms with Gasteiger partial charge in [0.05, 0.1) is 18.4 Å². The highest BCUT2D eigenvalue weighted by molar-refractivity contribution is 6.15. The van der Waals surface area contributed by atoms with Crippen LogP contribution in [0.5, 0.6) is 5.75 Å². The van der Waals surface area contributed by atoms with E-state index >= 15 is 0 Å². The number of fused-ring (bicyclic) bond motifs is 1. The molecule has 1 aromatic rings. The molecule has 7 heteroatoms. The van der Waals surface area contributed by atoms with Crippen molar-refractivity contribution >= 4 is 23.1 Å². The molecule has 0 aromatic heterocycles. The van der Waals surface area contributed by atoms with Gasteiger partial charge in [0.25, 0.3) is 5.91 Å². The number of nitrogen functional groups attached to an aromatic ring is 1. The van der Waals surface area contributed by atoms with Crippen molar-refractivity contribution in [3.63, 3.8) is 0 Å². The average Bonchev–Trinajstić information content (AvgIpc) is 2.99. The Bertz CT molecular complexity index is 782. The molecule has 1 fully saturated rings. The number of nitrogens with two attached hydrogens (primary N) is 1. The number of amidine groups is 1. The van der Waals surface area contributed by atoms with Gasteiger partial charge in [-0.1, -0.05) is 19.3 Å². The standard InChI is InChI=1S/C19H25N5O2/c1-11-16-17(24(23-11)13-6-4-3-5-7-13)19(25)22-18(21-16)14-9-8-12(20)10-15(14)26-2/h8-10,13,16-17H,3-7,20H2,1-2H3,(H,21,22,25). The average molecular weight is 355 g/mol. The van der Waals surface area contributed by atoms with E-state index in [1.165, 1.54) is 19.3 Å². The third-order valence-electron chi connectivity index (χ3n) is 5.49. The maximum Gasteiger partial charge on any atom is 0.252 e. The van der Waals surface area contributed by atoms with Crippen molar-refractivity contribution in [3.05, 3.63) is 23.8 Å². The quantitative estimate of drug-likeness (QED) is 0.810. The molecular weight excluding hydrogens is 330 g/mol. The molecule has 2 aliphatic heterocycles. The number of benzene rings is 1. The molecule has 4 rings (SSSR count). The van der Waals surface area contributed by atoms with Crippen molar-refractivity contribution < 1.29 is 9.53 Å². The number of carbonyl (C=O) groups is 1. The van der Waals surface area contributed by atoms with E-state index < -0.39 is 0 Å². The molecule has 138 valence electrons. The van der Waals surface area contributed by atoms with Crippen molar-refractivity contribution in [2.45, 2.75) is 57.2 Å². The number of nitrogens with zero attached hydrogens (tertiary/aromatic N) is 3. The first-order valence-electron chi connectivity index (χ1n) is 9.24. The number of hydrogen-bond acceptors (Lipinski definition) is 6. The second-order valence-corrected chi connectivity index (χ2v) is 7.23. The zero-order valence-corrected chi connectivity index (χ0v) is 15.2. The zero-order chi connectivity index (χ0) is 18.3. The highest BCUT2D eigenvalue weighted by Gasteiger charge is 2.46. The molecule has 7 nitrogen and oxygen atoms in total. The Labute approximate surface area is 153 Å². The number of rotatable bonds is 3. The number of hydrogen-bond donors (Lipinski definition) is 2. The molecule has 1 aliphatic carbocycles. The predicted molar refractivity (Wildman–Crippen MR) is 101 cm³/mol. The summed E-state index contributed by atoms with van der Waals surface area (Å²) >= 11 is 0. The van der Waals surface area contributed by atoms with Crippen LogP contribution in [0.3, 0.4) is 0 Å². The molecule has 3 N–H and O–H groups in total. The molecule has 0 spiro atoms. The highest BCUT2D eigenvalue weighted by atomic mass is 16.5. The van der Waals surface area contributed by atoms with Crippen molar-refractivity contribution in [2.75, 3.05) is 12.8 Å². The minimum absolute atomic E-state index is 0.0509. The Morgan fingerprint density at radius 2 is 2.04 bits per heavy atom. The van der Waals surface area contributed by atoms with E-state index in [0.29, 0.717) is 23.3 Å². The van der Waals surface area contributed by atoms with E-state index in [2.05, 4.69) is 5.32 Å². The first kappa shape index (κ1) is 16.9. The Morgan fingerprint density at radius 3 is 2.77 bits per heavy atom. The van der Waals surface area contributed by atoms with Gasteiger partial charge in [-0.2, -0.15) is 5.10 Å². The van der Waals surface area contributed by atoms with E-state index in [0.717, 1.165) is 24.1 Å². The Morgan fingerprint density at radius 1 is 1.27 bits per heavy atom. The van der Waals surface area contributed by atoms with Crippen LogP contribution in [0.1, 0.15) is 44.6 Å². The maximum absolute atomic E-state index is 13.0. The summed E-state index contributed by atoms with van der Waals surface area (Å²) in [5.74, 6) is 1.07. The van der Waals surface area contributed by atoms with Crippen LogP contribution in [0.4, 0.5) is 5.69 Å². The largest absolute Gasteiger partial charge is 0.496 e. The van der Waals surface area contributed by atoms with Gasteiger partial charge < -0.3 is 15.8 Å². The van der Waals surface area contributed by atoms with E-state index in [9.17, 15) is 4.79 Å². The molecule has 0 radical (unpaired) electrons. The van der Waals surface area contributed by atoms with Gasteiger partial charge in [0, 0.05) is 17.8 Å². The number of amides is 1. The Hall–Kier alpha value is -2.57. The van der Waals surface area contributed by atoms with Gasteiger partial charge in [-0.25, -0.2) is 0 Å². The summed E-state index contributed by atoms with van der Waals surface area (Å²) in [4.78, 5) is 17.8. The summed E-state index contributed by atoms with van der Waals surface area (Å²) in [5.41, 5.74) is 8.06. The van der Waals surface area contributed by atoms with Crippen LogP contribution in [-0.2, 0) is 4.79 Å². The second-order valence-electron chi connectivity index (χ2n) is 7.23. The Balaban J connectivity index is 1.66. The van der Waals surface area contributed by atoms with E-state index in [-0.39, 0.29) is 18.0 Å². The number of carbonyl (C=O) groups excluding carboxylic acids is 1. The van der Waals surface area contributed by atoms with Crippen LogP contribution < -0.4 is 15.8 Å². The van der Waals surface area contributed by atoms with E-state index in [4.69, 9.17) is 20.6 Å². The molecule has 0 saturated heterocycles. The maximum atomic E-state index is 13.0. The van der Waals surface area contributed by atoms with Crippen molar-refractivity contribution in [3.8, 4) is 5.75 Å². The lowest BCUT2D eigenvalue weighted by Crippen LogP contribution is -2.56. The lowest BCUT2D eigenvalue weighted by molar-refractivity contribution is -0.126. The molecule has 2 atom stereocenters. The second kappa shape index (κ2) is 6.63. The fraction of sp³-hybridized carbons (Fsp3) is 0.526. The summed E-state index contributed by atoms with van der Waals surface area (Å²) < 4.78 is 5.42. The minimum atomic E-state index is -0.346. The van der Waals surface area contributed by atoms with Gasteiger partial charge in [-0.3, -0.25) is 14.8 Å². The van der Waals surface area contributed by atoms with Gasteiger partial charge in [0.1, 0.15) is 17.6 Å². The number of anilines is 1.